The fraction of sp³-hybridized carbons (Fsp3) is 0. The second-order valence-electron chi connectivity index (χ2n) is 4.78. The standard InChI is InChI=1S/C16H11N3O3S/c20-10-6-7-11-12(8-10)15(22)13(14(11)21)18-19-16(23)17-9-4-2-1-3-5-9/h1-8,20H,(H2,17,19,23). The minimum Gasteiger partial charge on any atom is -0.508 e. The molecule has 0 saturated carbocycles. The van der Waals surface area contributed by atoms with Crippen molar-refractivity contribution in [2.24, 2.45) is 5.10 Å². The van der Waals surface area contributed by atoms with Crippen molar-refractivity contribution in [1.82, 2.24) is 5.43 Å². The maximum Gasteiger partial charge on any atom is 0.218 e. The molecule has 0 radical (unpaired) electrons. The molecule has 6 nitrogen and oxygen atoms in total. The van der Waals surface area contributed by atoms with Crippen LogP contribution < -0.4 is 27.0 Å². The minimum atomic E-state index is -0.545. The Hall–Kier alpha value is -3.06. The van der Waals surface area contributed by atoms with Crippen molar-refractivity contribution < 1.29 is 5.11 Å². The van der Waals surface area contributed by atoms with Crippen LogP contribution in [-0.2, 0) is 0 Å². The summed E-state index contributed by atoms with van der Waals surface area (Å²) >= 11 is 5.06. The molecule has 0 saturated heterocycles. The maximum absolute atomic E-state index is 12.2. The highest BCUT2D eigenvalue weighted by Gasteiger charge is 2.11. The van der Waals surface area contributed by atoms with E-state index in [0.717, 1.165) is 5.69 Å². The van der Waals surface area contributed by atoms with Gasteiger partial charge in [-0.15, -0.1) is 0 Å². The summed E-state index contributed by atoms with van der Waals surface area (Å²) in [6.07, 6.45) is 0. The molecule has 0 spiro atoms. The van der Waals surface area contributed by atoms with E-state index in [0.29, 0.717) is 0 Å². The highest BCUT2D eigenvalue weighted by molar-refractivity contribution is 7.80. The van der Waals surface area contributed by atoms with Crippen molar-refractivity contribution in [2.75, 3.05) is 5.32 Å². The summed E-state index contributed by atoms with van der Waals surface area (Å²) < 4.78 is 0. The first kappa shape index (κ1) is 14.9. The lowest BCUT2D eigenvalue weighted by molar-refractivity contribution is 0.476. The molecular weight excluding hydrogens is 314 g/mol. The zero-order valence-corrected chi connectivity index (χ0v) is 12.6. The third-order valence-corrected chi connectivity index (χ3v) is 3.42. The highest BCUT2D eigenvalue weighted by atomic mass is 32.1. The summed E-state index contributed by atoms with van der Waals surface area (Å²) in [5.74, 6) is -0.0830. The van der Waals surface area contributed by atoms with Crippen LogP contribution in [0.4, 0.5) is 5.69 Å². The molecule has 7 heteroatoms. The molecular formula is C16H11N3O3S. The van der Waals surface area contributed by atoms with Gasteiger partial charge >= 0.3 is 0 Å². The van der Waals surface area contributed by atoms with Crippen LogP contribution in [0.3, 0.4) is 0 Å². The van der Waals surface area contributed by atoms with E-state index in [4.69, 9.17) is 12.2 Å². The predicted molar refractivity (Wildman–Crippen MR) is 91.9 cm³/mol. The molecule has 0 aliphatic rings. The Morgan fingerprint density at radius 1 is 1.00 bits per heavy atom. The molecule has 0 aliphatic heterocycles. The normalized spacial score (nSPS) is 11.6. The van der Waals surface area contributed by atoms with Crippen LogP contribution in [0.5, 0.6) is 5.75 Å². The van der Waals surface area contributed by atoms with Crippen LogP contribution in [-0.4, -0.2) is 10.2 Å². The zero-order chi connectivity index (χ0) is 16.4. The summed E-state index contributed by atoms with van der Waals surface area (Å²) in [4.78, 5) is 24.3. The minimum absolute atomic E-state index is 0.0830. The molecule has 23 heavy (non-hydrogen) atoms. The molecule has 0 unspecified atom stereocenters. The van der Waals surface area contributed by atoms with Gasteiger partial charge in [0.15, 0.2) is 10.5 Å². The molecule has 3 aromatic rings. The molecule has 0 amide bonds. The lowest BCUT2D eigenvalue weighted by Gasteiger charge is -2.05. The predicted octanol–water partition coefficient (Wildman–Crippen LogP) is 0.944. The number of anilines is 1. The SMILES string of the molecule is O=c1c(=NNC(=S)Nc2ccccc2)c(=O)c2cc(O)ccc12. The average Bonchev–Trinajstić information content (AvgIpc) is 2.77. The molecule has 0 atom stereocenters. The highest BCUT2D eigenvalue weighted by Crippen LogP contribution is 2.13. The number of rotatable bonds is 2. The number of aromatic hydroxyl groups is 1. The summed E-state index contributed by atoms with van der Waals surface area (Å²) in [6.45, 7) is 0. The number of hydrogen-bond acceptors (Lipinski definition) is 5. The van der Waals surface area contributed by atoms with E-state index in [1.165, 1.54) is 18.2 Å². The molecule has 3 aromatic carbocycles. The zero-order valence-electron chi connectivity index (χ0n) is 11.7. The van der Waals surface area contributed by atoms with Crippen LogP contribution in [0, 0.1) is 0 Å². The summed E-state index contributed by atoms with van der Waals surface area (Å²) in [5, 5.41) is 16.4. The van der Waals surface area contributed by atoms with Crippen molar-refractivity contribution in [3.8, 4) is 5.75 Å². The first-order valence-electron chi connectivity index (χ1n) is 6.68. The van der Waals surface area contributed by atoms with E-state index in [1.807, 2.05) is 30.3 Å². The Bertz CT molecular complexity index is 1040. The Kier molecular flexibility index (Phi) is 3.86. The molecule has 0 fully saturated rings. The van der Waals surface area contributed by atoms with Gasteiger partial charge in [0.1, 0.15) is 5.75 Å². The quantitative estimate of drug-likeness (QED) is 0.480. The van der Waals surface area contributed by atoms with Crippen molar-refractivity contribution in [3.63, 3.8) is 0 Å². The van der Waals surface area contributed by atoms with Gasteiger partial charge in [-0.2, -0.15) is 5.10 Å². The maximum atomic E-state index is 12.2. The Balaban J connectivity index is 1.91. The monoisotopic (exact) mass is 325 g/mol. The number of benzene rings is 2. The van der Waals surface area contributed by atoms with Gasteiger partial charge in [0, 0.05) is 16.5 Å². The number of thiocarbonyl (C=S) groups is 1. The molecule has 0 heterocycles. The van der Waals surface area contributed by atoms with Gasteiger partial charge in [-0.05, 0) is 42.5 Å². The van der Waals surface area contributed by atoms with Gasteiger partial charge in [0.2, 0.25) is 10.9 Å². The van der Waals surface area contributed by atoms with E-state index >= 15 is 0 Å². The third kappa shape index (κ3) is 2.95. The summed E-state index contributed by atoms with van der Waals surface area (Å²) in [6, 6.07) is 13.2. The van der Waals surface area contributed by atoms with E-state index in [-0.39, 0.29) is 27.0 Å². The number of nitrogens with zero attached hydrogens (tertiary/aromatic N) is 1. The van der Waals surface area contributed by atoms with Crippen LogP contribution >= 0.6 is 12.2 Å². The largest absolute Gasteiger partial charge is 0.508 e. The molecule has 3 N–H and O–H groups in total. The van der Waals surface area contributed by atoms with Gasteiger partial charge in [0.05, 0.1) is 0 Å². The fourth-order valence-corrected chi connectivity index (χ4v) is 2.33. The van der Waals surface area contributed by atoms with Crippen LogP contribution in [0.1, 0.15) is 0 Å². The van der Waals surface area contributed by atoms with E-state index in [1.54, 1.807) is 0 Å². The molecule has 0 aliphatic carbocycles. The second kappa shape index (κ2) is 5.98. The van der Waals surface area contributed by atoms with E-state index in [2.05, 4.69) is 15.8 Å². The van der Waals surface area contributed by atoms with E-state index < -0.39 is 10.9 Å². The number of nitrogens with one attached hydrogen (secondary N) is 2. The summed E-state index contributed by atoms with van der Waals surface area (Å²) in [5.41, 5.74) is 2.19. The van der Waals surface area contributed by atoms with Crippen molar-refractivity contribution in [3.05, 3.63) is 74.3 Å². The molecule has 0 aromatic heterocycles. The number of hydrogen-bond donors (Lipinski definition) is 3. The fourth-order valence-electron chi connectivity index (χ4n) is 2.17. The lowest BCUT2D eigenvalue weighted by Crippen LogP contribution is -2.36. The number of para-hydroxylation sites is 1. The van der Waals surface area contributed by atoms with Gasteiger partial charge in [-0.3, -0.25) is 15.0 Å². The van der Waals surface area contributed by atoms with Gasteiger partial charge in [-0.25, -0.2) is 0 Å². The summed E-state index contributed by atoms with van der Waals surface area (Å²) in [7, 11) is 0. The Morgan fingerprint density at radius 3 is 2.43 bits per heavy atom. The van der Waals surface area contributed by atoms with Gasteiger partial charge in [-0.1, -0.05) is 18.2 Å². The smallest absolute Gasteiger partial charge is 0.218 e. The van der Waals surface area contributed by atoms with Crippen LogP contribution in [0.15, 0.2) is 63.2 Å². The first-order valence-corrected chi connectivity index (χ1v) is 7.09. The molecule has 0 bridgehead atoms. The second-order valence-corrected chi connectivity index (χ2v) is 5.19. The van der Waals surface area contributed by atoms with Crippen molar-refractivity contribution in [2.45, 2.75) is 0 Å². The van der Waals surface area contributed by atoms with Crippen molar-refractivity contribution >= 4 is 33.8 Å². The van der Waals surface area contributed by atoms with E-state index in [9.17, 15) is 14.7 Å². The van der Waals surface area contributed by atoms with Crippen LogP contribution in [0.2, 0.25) is 0 Å². The average molecular weight is 325 g/mol. The van der Waals surface area contributed by atoms with Crippen molar-refractivity contribution in [1.29, 1.82) is 0 Å². The van der Waals surface area contributed by atoms with Crippen LogP contribution in [0.25, 0.3) is 10.8 Å². The topological polar surface area (TPSA) is 90.8 Å². The lowest BCUT2D eigenvalue weighted by atomic mass is 10.2. The number of fused-ring (bicyclic) bond motifs is 1. The Labute approximate surface area is 135 Å². The van der Waals surface area contributed by atoms with Gasteiger partial charge < -0.3 is 10.4 Å². The number of phenolic OH excluding ortho intramolecular Hbond substituents is 1. The van der Waals surface area contributed by atoms with Gasteiger partial charge in [0.25, 0.3) is 0 Å². The molecule has 114 valence electrons. The Morgan fingerprint density at radius 2 is 1.70 bits per heavy atom. The third-order valence-electron chi connectivity index (χ3n) is 3.22. The molecule has 3 rings (SSSR count). The first-order chi connectivity index (χ1) is 11.1. The number of phenols is 1.